The molecule has 0 unspecified atom stereocenters. The van der Waals surface area contributed by atoms with Gasteiger partial charge in [0.1, 0.15) is 0 Å². The van der Waals surface area contributed by atoms with E-state index in [2.05, 4.69) is 15.4 Å². The Morgan fingerprint density at radius 1 is 1.54 bits per heavy atom. The highest BCUT2D eigenvalue weighted by Gasteiger charge is 2.04. The summed E-state index contributed by atoms with van der Waals surface area (Å²) >= 11 is 0. The Balaban J connectivity index is 2.61. The van der Waals surface area contributed by atoms with E-state index < -0.39 is 0 Å². The van der Waals surface area contributed by atoms with Crippen LogP contribution in [0.1, 0.15) is 11.3 Å². The minimum Gasteiger partial charge on any atom is -0.315 e. The molecule has 2 heterocycles. The Kier molecular flexibility index (Phi) is 1.98. The largest absolute Gasteiger partial charge is 0.315 e. The van der Waals surface area contributed by atoms with Gasteiger partial charge in [-0.2, -0.15) is 5.10 Å². The van der Waals surface area contributed by atoms with Crippen molar-refractivity contribution in [3.63, 3.8) is 0 Å². The summed E-state index contributed by atoms with van der Waals surface area (Å²) in [4.78, 5) is 4.28. The van der Waals surface area contributed by atoms with Crippen molar-refractivity contribution in [3.05, 3.63) is 29.7 Å². The van der Waals surface area contributed by atoms with E-state index in [1.807, 2.05) is 36.9 Å². The lowest BCUT2D eigenvalue weighted by molar-refractivity contribution is 0.821. The molecule has 2 aromatic heterocycles. The summed E-state index contributed by atoms with van der Waals surface area (Å²) in [6.07, 6.45) is 3.66. The van der Waals surface area contributed by atoms with Crippen molar-refractivity contribution in [1.82, 2.24) is 19.9 Å². The summed E-state index contributed by atoms with van der Waals surface area (Å²) in [6, 6.07) is 1.95. The Bertz CT molecular complexity index is 418. The van der Waals surface area contributed by atoms with Gasteiger partial charge in [0.15, 0.2) is 5.65 Å². The maximum Gasteiger partial charge on any atom is 0.159 e. The van der Waals surface area contributed by atoms with E-state index in [0.29, 0.717) is 0 Å². The van der Waals surface area contributed by atoms with Crippen molar-refractivity contribution in [1.29, 1.82) is 0 Å². The molecule has 0 amide bonds. The first kappa shape index (κ1) is 8.19. The third-order valence-corrected chi connectivity index (χ3v) is 2.03. The summed E-state index contributed by atoms with van der Waals surface area (Å²) in [6.45, 7) is 2.82. The van der Waals surface area contributed by atoms with Crippen LogP contribution in [-0.4, -0.2) is 21.6 Å². The van der Waals surface area contributed by atoms with Gasteiger partial charge in [0.25, 0.3) is 0 Å². The van der Waals surface area contributed by atoms with Crippen molar-refractivity contribution in [3.8, 4) is 0 Å². The Hall–Kier alpha value is -1.42. The monoisotopic (exact) mass is 176 g/mol. The highest BCUT2D eigenvalue weighted by atomic mass is 15.2. The normalized spacial score (nSPS) is 10.9. The molecule has 2 aromatic rings. The second-order valence-electron chi connectivity index (χ2n) is 3.02. The number of hydrogen-bond donors (Lipinski definition) is 1. The molecule has 0 bridgehead atoms. The molecule has 0 aliphatic rings. The van der Waals surface area contributed by atoms with Gasteiger partial charge in [-0.3, -0.25) is 0 Å². The minimum absolute atomic E-state index is 0.806. The topological polar surface area (TPSA) is 42.2 Å². The Morgan fingerprint density at radius 2 is 2.38 bits per heavy atom. The molecule has 0 aliphatic carbocycles. The lowest BCUT2D eigenvalue weighted by Gasteiger charge is -1.98. The molecule has 13 heavy (non-hydrogen) atoms. The number of rotatable bonds is 2. The summed E-state index contributed by atoms with van der Waals surface area (Å²) in [5.74, 6) is 0. The molecule has 1 N–H and O–H groups in total. The predicted molar refractivity (Wildman–Crippen MR) is 50.5 cm³/mol. The van der Waals surface area contributed by atoms with Crippen LogP contribution in [0.15, 0.2) is 18.5 Å². The van der Waals surface area contributed by atoms with E-state index in [-0.39, 0.29) is 0 Å². The van der Waals surface area contributed by atoms with Crippen molar-refractivity contribution < 1.29 is 0 Å². The molecule has 0 fully saturated rings. The van der Waals surface area contributed by atoms with Gasteiger partial charge in [-0.1, -0.05) is 0 Å². The third-order valence-electron chi connectivity index (χ3n) is 2.03. The third kappa shape index (κ3) is 1.29. The van der Waals surface area contributed by atoms with Gasteiger partial charge >= 0.3 is 0 Å². The van der Waals surface area contributed by atoms with Gasteiger partial charge in [-0.25, -0.2) is 9.50 Å². The van der Waals surface area contributed by atoms with Gasteiger partial charge in [0.2, 0.25) is 0 Å². The smallest absolute Gasteiger partial charge is 0.159 e. The van der Waals surface area contributed by atoms with E-state index in [0.717, 1.165) is 23.4 Å². The number of hydrogen-bond acceptors (Lipinski definition) is 3. The van der Waals surface area contributed by atoms with Gasteiger partial charge in [0, 0.05) is 24.0 Å². The van der Waals surface area contributed by atoms with E-state index in [4.69, 9.17) is 0 Å². The standard InChI is InChI=1S/C9H12N4/c1-7-3-4-11-9-8(5-10-2)6-12-13(7)9/h3-4,6,10H,5H2,1-2H3. The number of aromatic nitrogens is 3. The fraction of sp³-hybridized carbons (Fsp3) is 0.333. The molecule has 2 rings (SSSR count). The summed E-state index contributed by atoms with van der Waals surface area (Å²) in [7, 11) is 1.92. The average Bonchev–Trinajstić information content (AvgIpc) is 2.51. The zero-order valence-electron chi connectivity index (χ0n) is 7.78. The summed E-state index contributed by atoms with van der Waals surface area (Å²) < 4.78 is 1.85. The maximum atomic E-state index is 4.28. The second kappa shape index (κ2) is 3.14. The molecule has 0 atom stereocenters. The molecule has 4 heteroatoms. The SMILES string of the molecule is CNCc1cnn2c(C)ccnc12. The molecule has 0 saturated heterocycles. The van der Waals surface area contributed by atoms with Crippen molar-refractivity contribution in [2.45, 2.75) is 13.5 Å². The summed E-state index contributed by atoms with van der Waals surface area (Å²) in [5, 5.41) is 7.34. The second-order valence-corrected chi connectivity index (χ2v) is 3.02. The number of aryl methyl sites for hydroxylation is 1. The van der Waals surface area contributed by atoms with Crippen LogP contribution >= 0.6 is 0 Å². The van der Waals surface area contributed by atoms with E-state index in [9.17, 15) is 0 Å². The average molecular weight is 176 g/mol. The first-order valence-electron chi connectivity index (χ1n) is 4.26. The number of nitrogens with one attached hydrogen (secondary N) is 1. The Morgan fingerprint density at radius 3 is 3.15 bits per heavy atom. The lowest BCUT2D eigenvalue weighted by atomic mass is 10.3. The molecule has 0 saturated carbocycles. The van der Waals surface area contributed by atoms with Crippen molar-refractivity contribution in [2.75, 3.05) is 7.05 Å². The van der Waals surface area contributed by atoms with E-state index in [1.54, 1.807) is 0 Å². The van der Waals surface area contributed by atoms with Crippen LogP contribution in [0.2, 0.25) is 0 Å². The Labute approximate surface area is 76.6 Å². The molecule has 0 aromatic carbocycles. The zero-order chi connectivity index (χ0) is 9.26. The number of fused-ring (bicyclic) bond motifs is 1. The molecule has 68 valence electrons. The van der Waals surface area contributed by atoms with Crippen molar-refractivity contribution >= 4 is 5.65 Å². The molecular weight excluding hydrogens is 164 g/mol. The quantitative estimate of drug-likeness (QED) is 0.734. The fourth-order valence-corrected chi connectivity index (χ4v) is 1.37. The molecule has 0 radical (unpaired) electrons. The van der Waals surface area contributed by atoms with Gasteiger partial charge in [-0.15, -0.1) is 0 Å². The highest BCUT2D eigenvalue weighted by Crippen LogP contribution is 2.08. The van der Waals surface area contributed by atoms with Crippen LogP contribution in [0.3, 0.4) is 0 Å². The zero-order valence-corrected chi connectivity index (χ0v) is 7.78. The predicted octanol–water partition coefficient (Wildman–Crippen LogP) is 0.757. The highest BCUT2D eigenvalue weighted by molar-refractivity contribution is 5.46. The van der Waals surface area contributed by atoms with Crippen LogP contribution in [0, 0.1) is 6.92 Å². The van der Waals surface area contributed by atoms with Crippen LogP contribution in [0.25, 0.3) is 5.65 Å². The van der Waals surface area contributed by atoms with E-state index >= 15 is 0 Å². The van der Waals surface area contributed by atoms with Gasteiger partial charge < -0.3 is 5.32 Å². The molecule has 0 aliphatic heterocycles. The van der Waals surface area contributed by atoms with Crippen LogP contribution < -0.4 is 5.32 Å². The maximum absolute atomic E-state index is 4.28. The van der Waals surface area contributed by atoms with Crippen LogP contribution in [0.5, 0.6) is 0 Å². The van der Waals surface area contributed by atoms with Gasteiger partial charge in [-0.05, 0) is 20.0 Å². The first-order valence-corrected chi connectivity index (χ1v) is 4.26. The summed E-state index contributed by atoms with van der Waals surface area (Å²) in [5.41, 5.74) is 3.17. The first-order chi connectivity index (χ1) is 6.33. The van der Waals surface area contributed by atoms with Crippen LogP contribution in [-0.2, 0) is 6.54 Å². The van der Waals surface area contributed by atoms with Gasteiger partial charge in [0.05, 0.1) is 6.20 Å². The molecule has 4 nitrogen and oxygen atoms in total. The van der Waals surface area contributed by atoms with Crippen LogP contribution in [0.4, 0.5) is 0 Å². The van der Waals surface area contributed by atoms with Crippen molar-refractivity contribution in [2.24, 2.45) is 0 Å². The molecular formula is C9H12N4. The minimum atomic E-state index is 0.806. The molecule has 0 spiro atoms. The fourth-order valence-electron chi connectivity index (χ4n) is 1.37. The lowest BCUT2D eigenvalue weighted by Crippen LogP contribution is -2.05. The van der Waals surface area contributed by atoms with E-state index in [1.165, 1.54) is 0 Å². The number of nitrogens with zero attached hydrogens (tertiary/aromatic N) is 3.